The van der Waals surface area contributed by atoms with E-state index in [2.05, 4.69) is 0 Å². The molecule has 4 heteroatoms. The van der Waals surface area contributed by atoms with Gasteiger partial charge in [0.2, 0.25) is 0 Å². The van der Waals surface area contributed by atoms with Crippen LogP contribution in [0.15, 0.2) is 0 Å². The van der Waals surface area contributed by atoms with Crippen molar-refractivity contribution in [2.24, 2.45) is 0 Å². The van der Waals surface area contributed by atoms with Gasteiger partial charge in [0, 0.05) is 20.7 Å². The van der Waals surface area contributed by atoms with Gasteiger partial charge >= 0.3 is 0 Å². The minimum atomic E-state index is -0.774. The zero-order valence-electron chi connectivity index (χ0n) is 11.5. The van der Waals surface area contributed by atoms with Gasteiger partial charge in [0.1, 0.15) is 5.60 Å². The molecule has 17 heavy (non-hydrogen) atoms. The molecule has 1 rings (SSSR count). The van der Waals surface area contributed by atoms with Crippen molar-refractivity contribution >= 4 is 5.91 Å². The number of carbonyl (C=O) groups is 1. The molecule has 100 valence electrons. The van der Waals surface area contributed by atoms with E-state index in [-0.39, 0.29) is 5.91 Å². The lowest BCUT2D eigenvalue weighted by atomic mass is 9.98. The Balaban J connectivity index is 2.63. The second-order valence-electron chi connectivity index (χ2n) is 5.38. The monoisotopic (exact) mass is 243 g/mol. The highest BCUT2D eigenvalue weighted by Crippen LogP contribution is 2.30. The van der Waals surface area contributed by atoms with Crippen LogP contribution in [-0.4, -0.2) is 47.8 Å². The Morgan fingerprint density at radius 2 is 2.00 bits per heavy atom. The molecule has 0 bridgehead atoms. The first-order valence-corrected chi connectivity index (χ1v) is 6.40. The number of rotatable bonds is 5. The quantitative estimate of drug-likeness (QED) is 0.797. The molecule has 0 aromatic heterocycles. The summed E-state index contributed by atoms with van der Waals surface area (Å²) in [6.45, 7) is 4.13. The number of hydrogen-bond donors (Lipinski definition) is 1. The van der Waals surface area contributed by atoms with Crippen molar-refractivity contribution in [1.82, 2.24) is 4.90 Å². The van der Waals surface area contributed by atoms with Crippen molar-refractivity contribution in [1.29, 1.82) is 0 Å². The maximum Gasteiger partial charge on any atom is 0.254 e. The third-order valence-corrected chi connectivity index (χ3v) is 3.99. The maximum atomic E-state index is 12.2. The second kappa shape index (κ2) is 5.36. The number of amides is 1. The van der Waals surface area contributed by atoms with Gasteiger partial charge in [-0.15, -0.1) is 0 Å². The highest BCUT2D eigenvalue weighted by atomic mass is 16.5. The van der Waals surface area contributed by atoms with Gasteiger partial charge in [-0.1, -0.05) is 19.8 Å². The summed E-state index contributed by atoms with van der Waals surface area (Å²) in [6.07, 6.45) is 4.31. The first-order valence-electron chi connectivity index (χ1n) is 6.40. The van der Waals surface area contributed by atoms with Gasteiger partial charge in [0.15, 0.2) is 0 Å². The van der Waals surface area contributed by atoms with Crippen LogP contribution in [0.2, 0.25) is 0 Å². The largest absolute Gasteiger partial charge is 0.388 e. The molecule has 1 saturated carbocycles. The van der Waals surface area contributed by atoms with E-state index in [0.29, 0.717) is 13.0 Å². The van der Waals surface area contributed by atoms with Crippen LogP contribution in [0.1, 0.15) is 46.0 Å². The molecular formula is C13H25NO3. The van der Waals surface area contributed by atoms with Crippen molar-refractivity contribution in [2.75, 3.05) is 20.7 Å². The number of carbonyl (C=O) groups excluding carboxylic acids is 1. The molecular weight excluding hydrogens is 218 g/mol. The Kier molecular flexibility index (Phi) is 4.55. The lowest BCUT2D eigenvalue weighted by molar-refractivity contribution is -0.155. The number of hydrogen-bond acceptors (Lipinski definition) is 3. The zero-order valence-corrected chi connectivity index (χ0v) is 11.5. The first-order chi connectivity index (χ1) is 7.87. The van der Waals surface area contributed by atoms with Crippen LogP contribution >= 0.6 is 0 Å². The standard InChI is InChI=1S/C13H25NO3/c1-5-12(2,17-4)11(15)14(3)10-13(16)8-6-7-9-13/h16H,5-10H2,1-4H3. The number of likely N-dealkylation sites (N-methyl/N-ethyl adjacent to an activating group) is 1. The molecule has 1 amide bonds. The SMILES string of the molecule is CCC(C)(OC)C(=O)N(C)CC1(O)CCCC1. The van der Waals surface area contributed by atoms with Crippen molar-refractivity contribution in [2.45, 2.75) is 57.2 Å². The number of aliphatic hydroxyl groups is 1. The lowest BCUT2D eigenvalue weighted by Crippen LogP contribution is -2.51. The topological polar surface area (TPSA) is 49.8 Å². The van der Waals surface area contributed by atoms with Crippen LogP contribution in [0.4, 0.5) is 0 Å². The van der Waals surface area contributed by atoms with E-state index in [1.54, 1.807) is 26.0 Å². The third-order valence-electron chi connectivity index (χ3n) is 3.99. The fourth-order valence-electron chi connectivity index (χ4n) is 2.49. The fourth-order valence-corrected chi connectivity index (χ4v) is 2.49. The van der Waals surface area contributed by atoms with E-state index in [0.717, 1.165) is 25.7 Å². The molecule has 0 spiro atoms. The fraction of sp³-hybridized carbons (Fsp3) is 0.923. The van der Waals surface area contributed by atoms with E-state index >= 15 is 0 Å². The smallest absolute Gasteiger partial charge is 0.254 e. The Bertz CT molecular complexity index is 268. The van der Waals surface area contributed by atoms with E-state index < -0.39 is 11.2 Å². The molecule has 0 saturated heterocycles. The van der Waals surface area contributed by atoms with E-state index in [1.807, 2.05) is 6.92 Å². The molecule has 0 heterocycles. The summed E-state index contributed by atoms with van der Waals surface area (Å²) in [4.78, 5) is 13.9. The number of methoxy groups -OCH3 is 1. The number of ether oxygens (including phenoxy) is 1. The van der Waals surface area contributed by atoms with Crippen molar-refractivity contribution in [3.8, 4) is 0 Å². The maximum absolute atomic E-state index is 12.2. The predicted molar refractivity (Wildman–Crippen MR) is 66.8 cm³/mol. The molecule has 1 N–H and O–H groups in total. The summed E-state index contributed by atoms with van der Waals surface area (Å²) in [5.74, 6) is -0.0529. The van der Waals surface area contributed by atoms with E-state index in [4.69, 9.17) is 4.74 Å². The van der Waals surface area contributed by atoms with Crippen molar-refractivity contribution in [3.05, 3.63) is 0 Å². The zero-order chi connectivity index (χ0) is 13.1. The van der Waals surface area contributed by atoms with Crippen LogP contribution in [0.25, 0.3) is 0 Å². The highest BCUT2D eigenvalue weighted by molar-refractivity contribution is 5.84. The summed E-state index contributed by atoms with van der Waals surface area (Å²) >= 11 is 0. The molecule has 0 aromatic carbocycles. The van der Waals surface area contributed by atoms with Gasteiger partial charge in [-0.2, -0.15) is 0 Å². The summed E-state index contributed by atoms with van der Waals surface area (Å²) in [6, 6.07) is 0. The Labute approximate surface area is 104 Å². The Morgan fingerprint density at radius 3 is 2.41 bits per heavy atom. The van der Waals surface area contributed by atoms with Gasteiger partial charge in [0.25, 0.3) is 5.91 Å². The molecule has 0 radical (unpaired) electrons. The van der Waals surface area contributed by atoms with Gasteiger partial charge < -0.3 is 14.7 Å². The van der Waals surface area contributed by atoms with Crippen LogP contribution in [0.3, 0.4) is 0 Å². The Hall–Kier alpha value is -0.610. The van der Waals surface area contributed by atoms with Gasteiger partial charge in [-0.25, -0.2) is 0 Å². The molecule has 4 nitrogen and oxygen atoms in total. The molecule has 1 atom stereocenters. The average molecular weight is 243 g/mol. The van der Waals surface area contributed by atoms with Crippen molar-refractivity contribution in [3.63, 3.8) is 0 Å². The highest BCUT2D eigenvalue weighted by Gasteiger charge is 2.38. The van der Waals surface area contributed by atoms with Gasteiger partial charge in [-0.05, 0) is 26.2 Å². The molecule has 1 aliphatic rings. The van der Waals surface area contributed by atoms with Gasteiger partial charge in [0.05, 0.1) is 5.60 Å². The van der Waals surface area contributed by atoms with Crippen LogP contribution in [-0.2, 0) is 9.53 Å². The molecule has 1 aliphatic carbocycles. The minimum Gasteiger partial charge on any atom is -0.388 e. The summed E-state index contributed by atoms with van der Waals surface area (Å²) < 4.78 is 5.29. The Morgan fingerprint density at radius 1 is 1.47 bits per heavy atom. The van der Waals surface area contributed by atoms with E-state index in [9.17, 15) is 9.90 Å². The minimum absolute atomic E-state index is 0.0529. The molecule has 0 aromatic rings. The predicted octanol–water partition coefficient (Wildman–Crippen LogP) is 1.56. The summed E-state index contributed by atoms with van der Waals surface area (Å²) in [5.41, 5.74) is -1.46. The third kappa shape index (κ3) is 3.19. The summed E-state index contributed by atoms with van der Waals surface area (Å²) in [7, 11) is 3.30. The van der Waals surface area contributed by atoms with Crippen LogP contribution in [0, 0.1) is 0 Å². The normalized spacial score (nSPS) is 22.2. The van der Waals surface area contributed by atoms with E-state index in [1.165, 1.54) is 0 Å². The lowest BCUT2D eigenvalue weighted by Gasteiger charge is -2.34. The number of nitrogens with zero attached hydrogens (tertiary/aromatic N) is 1. The average Bonchev–Trinajstić information content (AvgIpc) is 2.73. The molecule has 0 aliphatic heterocycles. The molecule has 1 unspecified atom stereocenters. The summed E-state index contributed by atoms with van der Waals surface area (Å²) in [5, 5.41) is 10.3. The van der Waals surface area contributed by atoms with Crippen LogP contribution in [0.5, 0.6) is 0 Å². The van der Waals surface area contributed by atoms with Crippen molar-refractivity contribution < 1.29 is 14.6 Å². The second-order valence-corrected chi connectivity index (χ2v) is 5.38. The molecule has 1 fully saturated rings. The van der Waals surface area contributed by atoms with Crippen LogP contribution < -0.4 is 0 Å². The first kappa shape index (κ1) is 14.5. The van der Waals surface area contributed by atoms with Gasteiger partial charge in [-0.3, -0.25) is 4.79 Å².